The first kappa shape index (κ1) is 28.3. The van der Waals surface area contributed by atoms with Crippen molar-refractivity contribution in [3.8, 4) is 0 Å². The minimum absolute atomic E-state index is 0.0128. The number of benzene rings is 2. The maximum Gasteiger partial charge on any atom is 0.242 e. The molecule has 192 valence electrons. The molecule has 35 heavy (non-hydrogen) atoms. The molecule has 0 aliphatic rings. The van der Waals surface area contributed by atoms with E-state index in [1.165, 1.54) is 15.3 Å². The van der Waals surface area contributed by atoms with Gasteiger partial charge in [0.2, 0.25) is 21.8 Å². The van der Waals surface area contributed by atoms with E-state index >= 15 is 0 Å². The van der Waals surface area contributed by atoms with Crippen molar-refractivity contribution in [2.24, 2.45) is 0 Å². The number of unbranched alkanes of at least 4 members (excludes halogenated alkanes) is 1. The largest absolute Gasteiger partial charge is 0.354 e. The maximum atomic E-state index is 14.3. The molecule has 0 fully saturated rings. The first-order valence-electron chi connectivity index (χ1n) is 11.9. The number of sulfonamides is 1. The summed E-state index contributed by atoms with van der Waals surface area (Å²) in [6.45, 7) is 6.07. The van der Waals surface area contributed by atoms with Gasteiger partial charge < -0.3 is 10.2 Å². The lowest BCUT2D eigenvalue weighted by molar-refractivity contribution is -0.140. The van der Waals surface area contributed by atoms with Crippen LogP contribution in [-0.4, -0.2) is 50.5 Å². The molecule has 0 aliphatic carbocycles. The van der Waals surface area contributed by atoms with Gasteiger partial charge in [0.1, 0.15) is 11.9 Å². The third-order valence-corrected chi connectivity index (χ3v) is 6.93. The van der Waals surface area contributed by atoms with Crippen LogP contribution in [0.4, 0.5) is 10.1 Å². The van der Waals surface area contributed by atoms with Crippen LogP contribution >= 0.6 is 0 Å². The number of hydrogen-bond donors (Lipinski definition) is 1. The zero-order valence-corrected chi connectivity index (χ0v) is 21.8. The van der Waals surface area contributed by atoms with Gasteiger partial charge in [-0.1, -0.05) is 43.7 Å². The molecule has 0 aromatic heterocycles. The molecule has 1 N–H and O–H groups in total. The van der Waals surface area contributed by atoms with Gasteiger partial charge in [-0.3, -0.25) is 13.9 Å². The summed E-state index contributed by atoms with van der Waals surface area (Å²) in [7, 11) is -3.55. The number of amides is 2. The van der Waals surface area contributed by atoms with E-state index in [0.29, 0.717) is 17.8 Å². The van der Waals surface area contributed by atoms with Crippen molar-refractivity contribution < 1.29 is 22.4 Å². The molecule has 2 amide bonds. The Morgan fingerprint density at radius 1 is 1.09 bits per heavy atom. The monoisotopic (exact) mass is 505 g/mol. The number of halogens is 1. The van der Waals surface area contributed by atoms with Gasteiger partial charge in [0.05, 0.1) is 11.9 Å². The second-order valence-electron chi connectivity index (χ2n) is 8.71. The van der Waals surface area contributed by atoms with Crippen molar-refractivity contribution in [1.29, 1.82) is 0 Å². The lowest BCUT2D eigenvalue weighted by Crippen LogP contribution is -2.48. The van der Waals surface area contributed by atoms with Crippen LogP contribution in [0.3, 0.4) is 0 Å². The van der Waals surface area contributed by atoms with E-state index in [-0.39, 0.29) is 37.7 Å². The van der Waals surface area contributed by atoms with Crippen molar-refractivity contribution in [2.45, 2.75) is 59.0 Å². The molecule has 0 saturated heterocycles. The van der Waals surface area contributed by atoms with Gasteiger partial charge in [0, 0.05) is 31.6 Å². The number of hydrogen-bond acceptors (Lipinski definition) is 4. The molecular weight excluding hydrogens is 469 g/mol. The van der Waals surface area contributed by atoms with Gasteiger partial charge in [-0.15, -0.1) is 0 Å². The molecule has 0 aliphatic heterocycles. The van der Waals surface area contributed by atoms with Crippen molar-refractivity contribution in [3.05, 3.63) is 65.5 Å². The van der Waals surface area contributed by atoms with E-state index in [1.807, 2.05) is 19.9 Å². The molecule has 2 aromatic rings. The van der Waals surface area contributed by atoms with Crippen molar-refractivity contribution in [3.63, 3.8) is 0 Å². The summed E-state index contributed by atoms with van der Waals surface area (Å²) in [5, 5.41) is 2.83. The fourth-order valence-electron chi connectivity index (χ4n) is 3.72. The average molecular weight is 506 g/mol. The SMILES string of the molecule is CCCCNC(=O)[C@@H](C)N(Cc1ccccc1F)C(=O)CCCN(c1cccc(C)c1)S(C)(=O)=O. The third kappa shape index (κ3) is 8.65. The number of anilines is 1. The zero-order chi connectivity index (χ0) is 26.0. The van der Waals surface area contributed by atoms with Gasteiger partial charge in [0.25, 0.3) is 0 Å². The van der Waals surface area contributed by atoms with Crippen LogP contribution in [0, 0.1) is 12.7 Å². The second-order valence-corrected chi connectivity index (χ2v) is 10.6. The fraction of sp³-hybridized carbons (Fsp3) is 0.462. The first-order chi connectivity index (χ1) is 16.5. The second kappa shape index (κ2) is 13.2. The lowest BCUT2D eigenvalue weighted by Gasteiger charge is -2.29. The number of aryl methyl sites for hydroxylation is 1. The van der Waals surface area contributed by atoms with E-state index in [4.69, 9.17) is 0 Å². The Hall–Kier alpha value is -2.94. The van der Waals surface area contributed by atoms with Gasteiger partial charge in [-0.25, -0.2) is 12.8 Å². The fourth-order valence-corrected chi connectivity index (χ4v) is 4.67. The predicted octanol–water partition coefficient (Wildman–Crippen LogP) is 4.01. The summed E-state index contributed by atoms with van der Waals surface area (Å²) < 4.78 is 40.4. The van der Waals surface area contributed by atoms with Crippen LogP contribution in [0.25, 0.3) is 0 Å². The number of carbonyl (C=O) groups excluding carboxylic acids is 2. The standard InChI is InChI=1S/C26H36FN3O4S/c1-5-6-16-28-26(32)21(3)29(19-22-12-7-8-14-24(22)27)25(31)15-10-17-30(35(4,33)34)23-13-9-11-20(2)18-23/h7-9,11-14,18,21H,5-6,10,15-17,19H2,1-4H3,(H,28,32)/t21-/m1/s1. The van der Waals surface area contributed by atoms with Crippen LogP contribution in [-0.2, 0) is 26.2 Å². The van der Waals surface area contributed by atoms with E-state index in [9.17, 15) is 22.4 Å². The van der Waals surface area contributed by atoms with Crippen LogP contribution < -0.4 is 9.62 Å². The number of rotatable bonds is 13. The summed E-state index contributed by atoms with van der Waals surface area (Å²) in [5.74, 6) is -1.10. The number of nitrogens with one attached hydrogen (secondary N) is 1. The third-order valence-electron chi connectivity index (χ3n) is 5.74. The highest BCUT2D eigenvalue weighted by Crippen LogP contribution is 2.20. The molecule has 2 rings (SSSR count). The van der Waals surface area contributed by atoms with Gasteiger partial charge in [-0.05, 0) is 50.5 Å². The quantitative estimate of drug-likeness (QED) is 0.417. The Kier molecular flexibility index (Phi) is 10.7. The van der Waals surface area contributed by atoms with E-state index in [0.717, 1.165) is 24.7 Å². The molecule has 0 radical (unpaired) electrons. The van der Waals surface area contributed by atoms with E-state index in [1.54, 1.807) is 43.3 Å². The molecule has 2 aromatic carbocycles. The van der Waals surface area contributed by atoms with Crippen LogP contribution in [0.15, 0.2) is 48.5 Å². The molecule has 9 heteroatoms. The Morgan fingerprint density at radius 2 is 1.80 bits per heavy atom. The summed E-state index contributed by atoms with van der Waals surface area (Å²) in [6.07, 6.45) is 3.13. The van der Waals surface area contributed by atoms with E-state index in [2.05, 4.69) is 5.32 Å². The van der Waals surface area contributed by atoms with Gasteiger partial charge >= 0.3 is 0 Å². The number of nitrogens with zero attached hydrogens (tertiary/aromatic N) is 2. The smallest absolute Gasteiger partial charge is 0.242 e. The molecule has 7 nitrogen and oxygen atoms in total. The summed E-state index contributed by atoms with van der Waals surface area (Å²) in [4.78, 5) is 27.3. The molecule has 0 heterocycles. The molecule has 0 unspecified atom stereocenters. The van der Waals surface area contributed by atoms with Crippen molar-refractivity contribution in [1.82, 2.24) is 10.2 Å². The zero-order valence-electron chi connectivity index (χ0n) is 21.0. The molecule has 0 spiro atoms. The normalized spacial score (nSPS) is 12.1. The molecule has 1 atom stereocenters. The van der Waals surface area contributed by atoms with Crippen molar-refractivity contribution in [2.75, 3.05) is 23.7 Å². The minimum Gasteiger partial charge on any atom is -0.354 e. The topological polar surface area (TPSA) is 86.8 Å². The Morgan fingerprint density at radius 3 is 2.43 bits per heavy atom. The highest BCUT2D eigenvalue weighted by molar-refractivity contribution is 7.92. The van der Waals surface area contributed by atoms with Crippen molar-refractivity contribution >= 4 is 27.5 Å². The Labute approximate surface area is 208 Å². The maximum absolute atomic E-state index is 14.3. The highest BCUT2D eigenvalue weighted by Gasteiger charge is 2.27. The van der Waals surface area contributed by atoms with Crippen LogP contribution in [0.5, 0.6) is 0 Å². The van der Waals surface area contributed by atoms with Crippen LogP contribution in [0.1, 0.15) is 50.7 Å². The highest BCUT2D eigenvalue weighted by atomic mass is 32.2. The molecule has 0 saturated carbocycles. The van der Waals surface area contributed by atoms with Crippen LogP contribution in [0.2, 0.25) is 0 Å². The van der Waals surface area contributed by atoms with Gasteiger partial charge in [-0.2, -0.15) is 0 Å². The minimum atomic E-state index is -3.55. The predicted molar refractivity (Wildman–Crippen MR) is 137 cm³/mol. The number of carbonyl (C=O) groups is 2. The lowest BCUT2D eigenvalue weighted by atomic mass is 10.1. The van der Waals surface area contributed by atoms with Gasteiger partial charge in [0.15, 0.2) is 0 Å². The first-order valence-corrected chi connectivity index (χ1v) is 13.7. The summed E-state index contributed by atoms with van der Waals surface area (Å²) in [6, 6.07) is 12.5. The Balaban J connectivity index is 2.15. The Bertz CT molecular complexity index is 1110. The molecular formula is C26H36FN3O4S. The van der Waals surface area contributed by atoms with E-state index < -0.39 is 21.9 Å². The molecule has 0 bridgehead atoms. The summed E-state index contributed by atoms with van der Waals surface area (Å²) >= 11 is 0. The average Bonchev–Trinajstić information content (AvgIpc) is 2.80. The summed E-state index contributed by atoms with van der Waals surface area (Å²) in [5.41, 5.74) is 1.77.